The third-order valence-electron chi connectivity index (χ3n) is 2.11. The number of hydrogen-bond acceptors (Lipinski definition) is 6. The highest BCUT2D eigenvalue weighted by Gasteiger charge is 2.18. The number of aliphatic carboxylic acids is 1. The van der Waals surface area contributed by atoms with Gasteiger partial charge in [-0.1, -0.05) is 6.07 Å². The van der Waals surface area contributed by atoms with Crippen molar-refractivity contribution in [3.8, 4) is 0 Å². The maximum Gasteiger partial charge on any atom is 0.320 e. The molecule has 0 spiro atoms. The zero-order chi connectivity index (χ0) is 13.0. The Hall–Kier alpha value is -2.35. The van der Waals surface area contributed by atoms with Gasteiger partial charge in [0.05, 0.1) is 4.92 Å². The van der Waals surface area contributed by atoms with Crippen molar-refractivity contribution in [2.45, 2.75) is 12.5 Å². The topological polar surface area (TPSA) is 136 Å². The fraction of sp³-hybridized carbons (Fsp3) is 0.222. The lowest BCUT2D eigenvalue weighted by Crippen LogP contribution is -2.32. The van der Waals surface area contributed by atoms with Crippen LogP contribution in [0.15, 0.2) is 23.4 Å². The number of carboxylic acid groups (broad SMARTS) is 1. The third-order valence-corrected chi connectivity index (χ3v) is 2.11. The Kier molecular flexibility index (Phi) is 3.83. The Balaban J connectivity index is 3.04. The largest absolute Gasteiger partial charge is 0.480 e. The first kappa shape index (κ1) is 12.7. The van der Waals surface area contributed by atoms with E-state index in [1.807, 2.05) is 0 Å². The molecule has 0 aromatic heterocycles. The number of rotatable bonds is 5. The highest BCUT2D eigenvalue weighted by Crippen LogP contribution is 2.28. The molecular weight excluding hydrogens is 230 g/mol. The second kappa shape index (κ2) is 5.12. The van der Waals surface area contributed by atoms with E-state index in [4.69, 9.17) is 10.8 Å². The first-order valence-corrected chi connectivity index (χ1v) is 4.54. The van der Waals surface area contributed by atoms with Gasteiger partial charge in [-0.15, -0.1) is 4.91 Å². The fourth-order valence-electron chi connectivity index (χ4n) is 1.26. The number of hydrogen-bond donors (Lipinski definition) is 2. The zero-order valence-electron chi connectivity index (χ0n) is 8.57. The summed E-state index contributed by atoms with van der Waals surface area (Å²) < 4.78 is 0. The molecule has 8 nitrogen and oxygen atoms in total. The molecule has 0 radical (unpaired) electrons. The summed E-state index contributed by atoms with van der Waals surface area (Å²) in [5, 5.41) is 21.7. The molecule has 0 unspecified atom stereocenters. The summed E-state index contributed by atoms with van der Waals surface area (Å²) in [6.07, 6.45) is -0.0602. The monoisotopic (exact) mass is 239 g/mol. The lowest BCUT2D eigenvalue weighted by atomic mass is 10.1. The molecule has 1 atom stereocenters. The minimum atomic E-state index is -1.20. The SMILES string of the molecule is N[C@@H](Cc1ccc(N=O)c([N+](=O)[O-])c1)C(=O)O. The maximum absolute atomic E-state index is 10.6. The predicted molar refractivity (Wildman–Crippen MR) is 57.9 cm³/mol. The van der Waals surface area contributed by atoms with Gasteiger partial charge in [-0.3, -0.25) is 14.9 Å². The highest BCUT2D eigenvalue weighted by atomic mass is 16.6. The van der Waals surface area contributed by atoms with E-state index in [2.05, 4.69) is 5.18 Å². The van der Waals surface area contributed by atoms with Crippen LogP contribution < -0.4 is 5.73 Å². The summed E-state index contributed by atoms with van der Waals surface area (Å²) in [6.45, 7) is 0. The van der Waals surface area contributed by atoms with Crippen LogP contribution >= 0.6 is 0 Å². The minimum Gasteiger partial charge on any atom is -0.480 e. The molecule has 3 N–H and O–H groups in total. The van der Waals surface area contributed by atoms with Crippen molar-refractivity contribution < 1.29 is 14.8 Å². The van der Waals surface area contributed by atoms with E-state index < -0.39 is 22.6 Å². The molecule has 0 bridgehead atoms. The Morgan fingerprint density at radius 2 is 2.24 bits per heavy atom. The average molecular weight is 239 g/mol. The Morgan fingerprint density at radius 3 is 2.71 bits per heavy atom. The first-order chi connectivity index (χ1) is 7.95. The maximum atomic E-state index is 10.6. The van der Waals surface area contributed by atoms with E-state index in [-0.39, 0.29) is 12.1 Å². The number of benzene rings is 1. The molecule has 90 valence electrons. The summed E-state index contributed by atoms with van der Waals surface area (Å²) >= 11 is 0. The molecule has 17 heavy (non-hydrogen) atoms. The van der Waals surface area contributed by atoms with E-state index in [0.29, 0.717) is 5.56 Å². The smallest absolute Gasteiger partial charge is 0.320 e. The Morgan fingerprint density at radius 1 is 1.59 bits per heavy atom. The molecule has 0 amide bonds. The molecule has 0 saturated carbocycles. The van der Waals surface area contributed by atoms with Crippen LogP contribution in [0, 0.1) is 15.0 Å². The molecule has 1 aromatic carbocycles. The second-order valence-corrected chi connectivity index (χ2v) is 3.32. The number of nitro groups is 1. The van der Waals surface area contributed by atoms with Crippen LogP contribution in [0.3, 0.4) is 0 Å². The third kappa shape index (κ3) is 3.05. The first-order valence-electron chi connectivity index (χ1n) is 4.54. The molecule has 0 heterocycles. The van der Waals surface area contributed by atoms with Crippen LogP contribution in [0.25, 0.3) is 0 Å². The molecular formula is C9H9N3O5. The van der Waals surface area contributed by atoms with Gasteiger partial charge in [-0.25, -0.2) is 0 Å². The lowest BCUT2D eigenvalue weighted by Gasteiger charge is -2.06. The van der Waals surface area contributed by atoms with Gasteiger partial charge in [-0.05, 0) is 23.2 Å². The van der Waals surface area contributed by atoms with Crippen LogP contribution in [0.1, 0.15) is 5.56 Å². The molecule has 0 aliphatic rings. The van der Waals surface area contributed by atoms with E-state index in [1.54, 1.807) is 0 Å². The standard InChI is InChI=1S/C9H9N3O5/c10-6(9(13)14)3-5-1-2-7(11-15)8(4-5)12(16)17/h1-2,4,6H,3,10H2,(H,13,14)/t6-/m0/s1. The van der Waals surface area contributed by atoms with Gasteiger partial charge in [0.2, 0.25) is 0 Å². The number of carboxylic acids is 1. The van der Waals surface area contributed by atoms with Gasteiger partial charge in [0, 0.05) is 6.07 Å². The van der Waals surface area contributed by atoms with E-state index in [1.165, 1.54) is 6.07 Å². The van der Waals surface area contributed by atoms with E-state index >= 15 is 0 Å². The van der Waals surface area contributed by atoms with Gasteiger partial charge >= 0.3 is 5.97 Å². The summed E-state index contributed by atoms with van der Waals surface area (Å²) in [5.41, 5.74) is 4.88. The number of nitroso groups, excluding NO2 is 1. The van der Waals surface area contributed by atoms with Crippen molar-refractivity contribution in [2.75, 3.05) is 0 Å². The molecule has 1 aromatic rings. The van der Waals surface area contributed by atoms with Crippen molar-refractivity contribution in [3.05, 3.63) is 38.8 Å². The summed E-state index contributed by atoms with van der Waals surface area (Å²) in [6, 6.07) is 2.49. The molecule has 0 saturated heterocycles. The van der Waals surface area contributed by atoms with E-state index in [0.717, 1.165) is 12.1 Å². The lowest BCUT2D eigenvalue weighted by molar-refractivity contribution is -0.384. The van der Waals surface area contributed by atoms with Crippen molar-refractivity contribution in [2.24, 2.45) is 10.9 Å². The van der Waals surface area contributed by atoms with Crippen LogP contribution in [-0.4, -0.2) is 22.0 Å². The summed E-state index contributed by atoms with van der Waals surface area (Å²) in [7, 11) is 0. The number of nitrogens with two attached hydrogens (primary N) is 1. The van der Waals surface area contributed by atoms with E-state index in [9.17, 15) is 19.8 Å². The van der Waals surface area contributed by atoms with Crippen molar-refractivity contribution >= 4 is 17.3 Å². The zero-order valence-corrected chi connectivity index (χ0v) is 8.57. The fourth-order valence-corrected chi connectivity index (χ4v) is 1.26. The van der Waals surface area contributed by atoms with Crippen LogP contribution in [0.2, 0.25) is 0 Å². The van der Waals surface area contributed by atoms with Gasteiger partial charge in [0.25, 0.3) is 5.69 Å². The van der Waals surface area contributed by atoms with Gasteiger partial charge in [-0.2, -0.15) is 0 Å². The van der Waals surface area contributed by atoms with Crippen molar-refractivity contribution in [1.82, 2.24) is 0 Å². The predicted octanol–water partition coefficient (Wildman–Crippen LogP) is 0.947. The molecule has 0 aliphatic heterocycles. The minimum absolute atomic E-state index is 0.0602. The van der Waals surface area contributed by atoms with Crippen molar-refractivity contribution in [3.63, 3.8) is 0 Å². The van der Waals surface area contributed by atoms with Gasteiger partial charge in [0.15, 0.2) is 5.69 Å². The van der Waals surface area contributed by atoms with Crippen LogP contribution in [-0.2, 0) is 11.2 Å². The van der Waals surface area contributed by atoms with Gasteiger partial charge in [0.1, 0.15) is 6.04 Å². The van der Waals surface area contributed by atoms with Gasteiger partial charge < -0.3 is 10.8 Å². The van der Waals surface area contributed by atoms with Crippen molar-refractivity contribution in [1.29, 1.82) is 0 Å². The summed E-state index contributed by atoms with van der Waals surface area (Å²) in [5.74, 6) is -1.20. The normalized spacial score (nSPS) is 11.8. The highest BCUT2D eigenvalue weighted by molar-refractivity contribution is 5.73. The quantitative estimate of drug-likeness (QED) is 0.445. The molecule has 1 rings (SSSR count). The Labute approximate surface area is 95.2 Å². The molecule has 8 heteroatoms. The molecule has 0 fully saturated rings. The number of nitrogens with zero attached hydrogens (tertiary/aromatic N) is 2. The number of nitro benzene ring substituents is 1. The summed E-state index contributed by atoms with van der Waals surface area (Å²) in [4.78, 5) is 30.7. The second-order valence-electron chi connectivity index (χ2n) is 3.32. The Bertz CT molecular complexity index is 474. The van der Waals surface area contributed by atoms with Crippen LogP contribution in [0.4, 0.5) is 11.4 Å². The van der Waals surface area contributed by atoms with Crippen LogP contribution in [0.5, 0.6) is 0 Å². The average Bonchev–Trinajstić information content (AvgIpc) is 2.28. The molecule has 0 aliphatic carbocycles. The number of carbonyl (C=O) groups is 1.